The van der Waals surface area contributed by atoms with Gasteiger partial charge in [-0.15, -0.1) is 11.3 Å². The van der Waals surface area contributed by atoms with Gasteiger partial charge in [-0.3, -0.25) is 4.79 Å². The molecular formula is C14H19N5OS. The number of hydrogen-bond acceptors (Lipinski definition) is 6. The van der Waals surface area contributed by atoms with E-state index in [0.717, 1.165) is 22.5 Å². The topological polar surface area (TPSA) is 84.1 Å². The van der Waals surface area contributed by atoms with Gasteiger partial charge in [-0.2, -0.15) is 4.98 Å². The zero-order chi connectivity index (χ0) is 15.2. The monoisotopic (exact) mass is 305 g/mol. The lowest BCUT2D eigenvalue weighted by molar-refractivity contribution is -0.126. The van der Waals surface area contributed by atoms with Crippen LogP contribution in [0.1, 0.15) is 25.6 Å². The molecule has 0 unspecified atom stereocenters. The molecule has 1 aliphatic rings. The van der Waals surface area contributed by atoms with Crippen molar-refractivity contribution < 1.29 is 4.79 Å². The summed E-state index contributed by atoms with van der Waals surface area (Å²) >= 11 is 1.63. The van der Waals surface area contributed by atoms with E-state index in [0.29, 0.717) is 13.1 Å². The molecule has 0 aromatic carbocycles. The molecule has 0 bridgehead atoms. The average Bonchev–Trinajstić information content (AvgIpc) is 2.84. The minimum atomic E-state index is -0.652. The van der Waals surface area contributed by atoms with Crippen LogP contribution in [0.3, 0.4) is 0 Å². The quantitative estimate of drug-likeness (QED) is 0.879. The number of fused-ring (bicyclic) bond motifs is 1. The van der Waals surface area contributed by atoms with Crippen LogP contribution in [0.15, 0.2) is 6.07 Å². The van der Waals surface area contributed by atoms with E-state index >= 15 is 0 Å². The van der Waals surface area contributed by atoms with Crippen LogP contribution in [-0.2, 0) is 11.2 Å². The number of hydrogen-bond donors (Lipinski definition) is 2. The zero-order valence-corrected chi connectivity index (χ0v) is 13.3. The maximum Gasteiger partial charge on any atom is 0.245 e. The fourth-order valence-electron chi connectivity index (χ4n) is 2.62. The van der Waals surface area contributed by atoms with E-state index in [1.54, 1.807) is 11.3 Å². The Hall–Kier alpha value is -1.89. The van der Waals surface area contributed by atoms with E-state index in [1.807, 2.05) is 18.7 Å². The summed E-state index contributed by atoms with van der Waals surface area (Å²) in [6.45, 7) is 7.23. The third-order valence-electron chi connectivity index (χ3n) is 3.90. The van der Waals surface area contributed by atoms with Gasteiger partial charge >= 0.3 is 0 Å². The molecule has 0 spiro atoms. The summed E-state index contributed by atoms with van der Waals surface area (Å²) in [6, 6.07) is 2.11. The molecule has 1 saturated heterocycles. The number of aromatic nitrogens is 2. The van der Waals surface area contributed by atoms with Crippen molar-refractivity contribution in [2.45, 2.75) is 32.7 Å². The van der Waals surface area contributed by atoms with Crippen LogP contribution in [0.2, 0.25) is 0 Å². The molecule has 7 heteroatoms. The highest BCUT2D eigenvalue weighted by Crippen LogP contribution is 2.35. The Morgan fingerprint density at radius 3 is 2.95 bits per heavy atom. The number of nitrogens with zero attached hydrogens (tertiary/aromatic N) is 3. The van der Waals surface area contributed by atoms with Gasteiger partial charge in [0.25, 0.3) is 0 Å². The first kappa shape index (κ1) is 14.1. The normalized spacial score (nSPS) is 18.0. The minimum Gasteiger partial charge on any atom is -0.368 e. The lowest BCUT2D eigenvalue weighted by Gasteiger charge is -2.42. The third-order valence-corrected chi connectivity index (χ3v) is 5.07. The van der Waals surface area contributed by atoms with Crippen molar-refractivity contribution in [1.29, 1.82) is 0 Å². The summed E-state index contributed by atoms with van der Waals surface area (Å²) < 4.78 is 0. The molecule has 0 atom stereocenters. The van der Waals surface area contributed by atoms with Gasteiger partial charge in [0.05, 0.1) is 5.39 Å². The molecule has 0 radical (unpaired) electrons. The number of anilines is 2. The van der Waals surface area contributed by atoms with E-state index in [1.165, 1.54) is 4.88 Å². The van der Waals surface area contributed by atoms with Gasteiger partial charge < -0.3 is 16.0 Å². The molecule has 0 aliphatic carbocycles. The van der Waals surface area contributed by atoms with Crippen molar-refractivity contribution in [3.05, 3.63) is 10.9 Å². The van der Waals surface area contributed by atoms with Crippen LogP contribution in [0.25, 0.3) is 10.2 Å². The number of rotatable bonds is 2. The molecule has 1 amide bonds. The van der Waals surface area contributed by atoms with Crippen molar-refractivity contribution in [2.75, 3.05) is 23.7 Å². The highest BCUT2D eigenvalue weighted by atomic mass is 32.1. The number of amides is 1. The molecule has 0 saturated carbocycles. The third kappa shape index (κ3) is 2.21. The second kappa shape index (κ2) is 4.84. The van der Waals surface area contributed by atoms with Crippen LogP contribution in [0, 0.1) is 0 Å². The smallest absolute Gasteiger partial charge is 0.245 e. The Labute approximate surface area is 127 Å². The Morgan fingerprint density at radius 1 is 1.48 bits per heavy atom. The molecule has 2 aromatic rings. The van der Waals surface area contributed by atoms with Crippen LogP contribution >= 0.6 is 11.3 Å². The van der Waals surface area contributed by atoms with Gasteiger partial charge in [0.2, 0.25) is 11.9 Å². The number of thiophene rings is 1. The summed E-state index contributed by atoms with van der Waals surface area (Å²) in [5.74, 6) is 1.02. The zero-order valence-electron chi connectivity index (χ0n) is 12.4. The molecular weight excluding hydrogens is 286 g/mol. The predicted molar refractivity (Wildman–Crippen MR) is 85.6 cm³/mol. The maximum atomic E-state index is 12.2. The second-order valence-electron chi connectivity index (χ2n) is 5.66. The van der Waals surface area contributed by atoms with Gasteiger partial charge in [0.1, 0.15) is 16.2 Å². The number of nitrogen functional groups attached to an aromatic ring is 1. The fraction of sp³-hybridized carbons (Fsp3) is 0.500. The van der Waals surface area contributed by atoms with Crippen LogP contribution in [0.5, 0.6) is 0 Å². The van der Waals surface area contributed by atoms with Gasteiger partial charge in [-0.05, 0) is 26.3 Å². The van der Waals surface area contributed by atoms with Crippen molar-refractivity contribution >= 4 is 39.2 Å². The van der Waals surface area contributed by atoms with Gasteiger partial charge in [-0.1, -0.05) is 6.92 Å². The standard InChI is InChI=1S/C14H19N5OS/c1-4-8-7-9-10(17-13(15)18-11(9)21-8)19-6-5-16-12(20)14(19,2)3/h7H,4-6H2,1-3H3,(H,16,20)(H2,15,17,18). The van der Waals surface area contributed by atoms with Crippen molar-refractivity contribution in [3.63, 3.8) is 0 Å². The lowest BCUT2D eigenvalue weighted by atomic mass is 9.98. The summed E-state index contributed by atoms with van der Waals surface area (Å²) in [6.07, 6.45) is 0.949. The number of nitrogens with two attached hydrogens (primary N) is 1. The van der Waals surface area contributed by atoms with Gasteiger partial charge in [0, 0.05) is 18.0 Å². The molecule has 21 heavy (non-hydrogen) atoms. The minimum absolute atomic E-state index is 0.00466. The summed E-state index contributed by atoms with van der Waals surface area (Å²) in [5, 5.41) is 3.88. The maximum absolute atomic E-state index is 12.2. The van der Waals surface area contributed by atoms with E-state index in [-0.39, 0.29) is 11.9 Å². The second-order valence-corrected chi connectivity index (χ2v) is 6.77. The van der Waals surface area contributed by atoms with Crippen molar-refractivity contribution in [2.24, 2.45) is 0 Å². The number of aryl methyl sites for hydroxylation is 1. The molecule has 3 heterocycles. The first-order valence-electron chi connectivity index (χ1n) is 7.05. The van der Waals surface area contributed by atoms with Crippen LogP contribution in [0.4, 0.5) is 11.8 Å². The van der Waals surface area contributed by atoms with E-state index in [2.05, 4.69) is 28.3 Å². The highest BCUT2D eigenvalue weighted by molar-refractivity contribution is 7.18. The van der Waals surface area contributed by atoms with Gasteiger partial charge in [-0.25, -0.2) is 4.98 Å². The van der Waals surface area contributed by atoms with Crippen LogP contribution in [-0.4, -0.2) is 34.5 Å². The number of piperazine rings is 1. The lowest BCUT2D eigenvalue weighted by Crippen LogP contribution is -2.62. The SMILES string of the molecule is CCc1cc2c(N3CCNC(=O)C3(C)C)nc(N)nc2s1. The number of carbonyl (C=O) groups excluding carboxylic acids is 1. The molecule has 2 aromatic heterocycles. The van der Waals surface area contributed by atoms with E-state index < -0.39 is 5.54 Å². The van der Waals surface area contributed by atoms with Gasteiger partial charge in [0.15, 0.2) is 0 Å². The Balaban J connectivity index is 2.19. The van der Waals surface area contributed by atoms with Crippen LogP contribution < -0.4 is 16.0 Å². The summed E-state index contributed by atoms with van der Waals surface area (Å²) in [7, 11) is 0. The first-order chi connectivity index (χ1) is 9.93. The average molecular weight is 305 g/mol. The van der Waals surface area contributed by atoms with E-state index in [9.17, 15) is 4.79 Å². The largest absolute Gasteiger partial charge is 0.368 e. The first-order valence-corrected chi connectivity index (χ1v) is 7.87. The number of nitrogens with one attached hydrogen (secondary N) is 1. The Morgan fingerprint density at radius 2 is 2.24 bits per heavy atom. The summed E-state index contributed by atoms with van der Waals surface area (Å²) in [5.41, 5.74) is 5.21. The van der Waals surface area contributed by atoms with E-state index in [4.69, 9.17) is 5.73 Å². The molecule has 1 aliphatic heterocycles. The number of carbonyl (C=O) groups is 1. The molecule has 6 nitrogen and oxygen atoms in total. The molecule has 1 fully saturated rings. The molecule has 3 rings (SSSR count). The molecule has 112 valence electrons. The fourth-order valence-corrected chi connectivity index (χ4v) is 3.59. The Kier molecular flexibility index (Phi) is 3.24. The Bertz CT molecular complexity index is 709. The highest BCUT2D eigenvalue weighted by Gasteiger charge is 2.39. The van der Waals surface area contributed by atoms with Crippen molar-refractivity contribution in [3.8, 4) is 0 Å². The summed E-state index contributed by atoms with van der Waals surface area (Å²) in [4.78, 5) is 25.1. The molecule has 3 N–H and O–H groups in total. The van der Waals surface area contributed by atoms with Crippen molar-refractivity contribution in [1.82, 2.24) is 15.3 Å². The predicted octanol–water partition coefficient (Wildman–Crippen LogP) is 1.55.